The molecule has 4 aromatic carbocycles. The minimum atomic E-state index is -1.58. The monoisotopic (exact) mass is 598 g/mol. The van der Waals surface area contributed by atoms with Crippen LogP contribution in [0.1, 0.15) is 56.1 Å². The molecule has 1 N–H and O–H groups in total. The molecular formula is C40H42N2O3. The fourth-order valence-electron chi connectivity index (χ4n) is 7.24. The van der Waals surface area contributed by atoms with Crippen LogP contribution in [0.2, 0.25) is 0 Å². The average Bonchev–Trinajstić information content (AvgIpc) is 3.10. The second-order valence-electron chi connectivity index (χ2n) is 12.9. The summed E-state index contributed by atoms with van der Waals surface area (Å²) in [5.41, 5.74) is 2.13. The fourth-order valence-corrected chi connectivity index (χ4v) is 7.24. The van der Waals surface area contributed by atoms with Crippen LogP contribution in [-0.2, 0) is 5.60 Å². The van der Waals surface area contributed by atoms with Crippen LogP contribution < -0.4 is 19.3 Å². The Bertz CT molecular complexity index is 1480. The van der Waals surface area contributed by atoms with Gasteiger partial charge in [0.1, 0.15) is 23.0 Å². The lowest BCUT2D eigenvalue weighted by atomic mass is 9.86. The van der Waals surface area contributed by atoms with Gasteiger partial charge in [0.25, 0.3) is 0 Å². The van der Waals surface area contributed by atoms with E-state index >= 15 is 0 Å². The molecule has 5 nitrogen and oxygen atoms in total. The first-order chi connectivity index (χ1) is 22.1. The molecule has 0 aliphatic carbocycles. The van der Waals surface area contributed by atoms with Gasteiger partial charge in [0.2, 0.25) is 0 Å². The summed E-state index contributed by atoms with van der Waals surface area (Å²) in [4.78, 5) is 5.02. The third-order valence-corrected chi connectivity index (χ3v) is 10.1. The van der Waals surface area contributed by atoms with Gasteiger partial charge in [0.15, 0.2) is 5.60 Å². The molecule has 45 heavy (non-hydrogen) atoms. The summed E-state index contributed by atoms with van der Waals surface area (Å²) in [7, 11) is 0. The highest BCUT2D eigenvalue weighted by molar-refractivity contribution is 5.52. The van der Waals surface area contributed by atoms with Crippen LogP contribution in [0.25, 0.3) is 0 Å². The Labute approximate surface area is 267 Å². The van der Waals surface area contributed by atoms with Crippen LogP contribution in [0.4, 0.5) is 11.4 Å². The first kappa shape index (κ1) is 29.3. The molecule has 12 bridgehead atoms. The summed E-state index contributed by atoms with van der Waals surface area (Å²) in [5, 5.41) is 11.6. The maximum absolute atomic E-state index is 11.6. The Kier molecular flexibility index (Phi) is 8.41. The van der Waals surface area contributed by atoms with Crippen LogP contribution in [0.15, 0.2) is 97.1 Å². The maximum Gasteiger partial charge on any atom is 0.176 e. The van der Waals surface area contributed by atoms with Crippen LogP contribution in [0.3, 0.4) is 0 Å². The van der Waals surface area contributed by atoms with Gasteiger partial charge in [-0.25, -0.2) is 0 Å². The quantitative estimate of drug-likeness (QED) is 0.205. The van der Waals surface area contributed by atoms with E-state index in [0.29, 0.717) is 22.6 Å². The standard InChI is InChI=1S/C40H42N2O3/c1-2-40(43)32-6-14-36(15-7-32)44-38-18-10-34(11-19-38)41-26-22-30(23-27-41)4-3-5-31-24-28-42(29-25-31)35-12-20-39(21-13-35)45-37-16-8-33(40)9-17-37/h1,6-21,30-31,43H,3-5,22-29H2. The van der Waals surface area contributed by atoms with Crippen molar-refractivity contribution in [1.82, 2.24) is 0 Å². The van der Waals surface area contributed by atoms with Crippen LogP contribution >= 0.6 is 0 Å². The smallest absolute Gasteiger partial charge is 0.176 e. The van der Waals surface area contributed by atoms with Crippen molar-refractivity contribution in [3.63, 3.8) is 0 Å². The summed E-state index contributed by atoms with van der Waals surface area (Å²) in [6.45, 7) is 4.48. The number of rotatable bonds is 0. The van der Waals surface area contributed by atoms with Gasteiger partial charge in [0, 0.05) is 48.7 Å². The largest absolute Gasteiger partial charge is 0.457 e. The van der Waals surface area contributed by atoms with E-state index in [2.05, 4.69) is 40.0 Å². The molecule has 5 heteroatoms. The zero-order valence-corrected chi connectivity index (χ0v) is 25.9. The number of nitrogens with zero attached hydrogens (tertiary/aromatic N) is 2. The molecule has 0 unspecified atom stereocenters. The molecule has 2 saturated heterocycles. The highest BCUT2D eigenvalue weighted by Crippen LogP contribution is 2.35. The predicted molar refractivity (Wildman–Crippen MR) is 181 cm³/mol. The molecule has 0 atom stereocenters. The van der Waals surface area contributed by atoms with Gasteiger partial charge >= 0.3 is 0 Å². The highest BCUT2D eigenvalue weighted by atomic mass is 16.5. The van der Waals surface area contributed by atoms with Crippen molar-refractivity contribution in [2.75, 3.05) is 36.0 Å². The number of anilines is 2. The van der Waals surface area contributed by atoms with Crippen molar-refractivity contribution in [2.24, 2.45) is 11.8 Å². The number of terminal acetylenes is 1. The Hall–Kier alpha value is -4.40. The number of hydrogen-bond donors (Lipinski definition) is 1. The number of ether oxygens (including phenoxy) is 2. The lowest BCUT2D eigenvalue weighted by Crippen LogP contribution is -2.34. The van der Waals surface area contributed by atoms with E-state index in [0.717, 1.165) is 49.5 Å². The van der Waals surface area contributed by atoms with Crippen molar-refractivity contribution in [3.8, 4) is 35.3 Å². The first-order valence-corrected chi connectivity index (χ1v) is 16.5. The Morgan fingerprint density at radius 3 is 1.20 bits per heavy atom. The SMILES string of the molecule is C#CC1(O)c2ccc(cc2)Oc2ccc(cc2)N2CCC(CCCC3CCN(CC3)c3ccc(cc3)Oc3ccc1cc3)CC2. The summed E-state index contributed by atoms with van der Waals surface area (Å²) >= 11 is 0. The number of benzene rings is 4. The highest BCUT2D eigenvalue weighted by Gasteiger charge is 2.29. The van der Waals surface area contributed by atoms with Gasteiger partial charge in [-0.2, -0.15) is 0 Å². The molecule has 12 aliphatic heterocycles. The molecule has 12 heterocycles. The van der Waals surface area contributed by atoms with Gasteiger partial charge in [-0.1, -0.05) is 49.4 Å². The van der Waals surface area contributed by atoms with Crippen molar-refractivity contribution in [3.05, 3.63) is 108 Å². The van der Waals surface area contributed by atoms with Gasteiger partial charge in [-0.05, 0) is 110 Å². The van der Waals surface area contributed by atoms with Crippen molar-refractivity contribution >= 4 is 11.4 Å². The van der Waals surface area contributed by atoms with Crippen LogP contribution in [0, 0.1) is 24.2 Å². The third-order valence-electron chi connectivity index (χ3n) is 10.1. The summed E-state index contributed by atoms with van der Waals surface area (Å²) in [6, 6.07) is 31.5. The van der Waals surface area contributed by atoms with E-state index < -0.39 is 5.60 Å². The molecule has 4 aromatic rings. The van der Waals surface area contributed by atoms with Crippen molar-refractivity contribution in [2.45, 2.75) is 50.5 Å². The number of hydrogen-bond acceptors (Lipinski definition) is 5. The topological polar surface area (TPSA) is 45.2 Å². The van der Waals surface area contributed by atoms with Crippen molar-refractivity contribution in [1.29, 1.82) is 0 Å². The lowest BCUT2D eigenvalue weighted by molar-refractivity contribution is 0.145. The molecule has 0 radical (unpaired) electrons. The maximum atomic E-state index is 11.6. The molecular weight excluding hydrogens is 556 g/mol. The number of piperidine rings is 2. The Morgan fingerprint density at radius 1 is 0.533 bits per heavy atom. The van der Waals surface area contributed by atoms with Gasteiger partial charge < -0.3 is 24.4 Å². The summed E-state index contributed by atoms with van der Waals surface area (Å²) in [6.07, 6.45) is 15.1. The van der Waals surface area contributed by atoms with Gasteiger partial charge in [-0.3, -0.25) is 0 Å². The van der Waals surface area contributed by atoms with E-state index in [-0.39, 0.29) is 0 Å². The summed E-state index contributed by atoms with van der Waals surface area (Å²) in [5.74, 6) is 7.23. The van der Waals surface area contributed by atoms with E-state index in [9.17, 15) is 5.11 Å². The normalized spacial score (nSPS) is 23.5. The minimum Gasteiger partial charge on any atom is -0.457 e. The summed E-state index contributed by atoms with van der Waals surface area (Å²) < 4.78 is 12.3. The number of aliphatic hydroxyl groups is 1. The van der Waals surface area contributed by atoms with E-state index in [4.69, 9.17) is 15.9 Å². The van der Waals surface area contributed by atoms with E-state index in [1.165, 1.54) is 56.3 Å². The zero-order chi connectivity index (χ0) is 30.6. The molecule has 0 saturated carbocycles. The predicted octanol–water partition coefficient (Wildman–Crippen LogP) is 8.76. The molecule has 2 fully saturated rings. The van der Waals surface area contributed by atoms with E-state index in [1.807, 2.05) is 72.8 Å². The Morgan fingerprint density at radius 2 is 0.867 bits per heavy atom. The van der Waals surface area contributed by atoms with Gasteiger partial charge in [0.05, 0.1) is 0 Å². The van der Waals surface area contributed by atoms with Crippen molar-refractivity contribution < 1.29 is 14.6 Å². The van der Waals surface area contributed by atoms with Crippen LogP contribution in [0.5, 0.6) is 23.0 Å². The van der Waals surface area contributed by atoms with Crippen LogP contribution in [-0.4, -0.2) is 31.3 Å². The van der Waals surface area contributed by atoms with Gasteiger partial charge in [-0.15, -0.1) is 6.42 Å². The molecule has 0 spiro atoms. The zero-order valence-electron chi connectivity index (χ0n) is 25.9. The second-order valence-corrected chi connectivity index (χ2v) is 12.9. The average molecular weight is 599 g/mol. The Balaban J connectivity index is 1.11. The molecule has 16 rings (SSSR count). The molecule has 0 amide bonds. The molecule has 12 aliphatic rings. The lowest BCUT2D eigenvalue weighted by Gasteiger charge is -2.35. The molecule has 230 valence electrons. The molecule has 0 aromatic heterocycles. The first-order valence-electron chi connectivity index (χ1n) is 16.5. The second kappa shape index (κ2) is 12.9. The van der Waals surface area contributed by atoms with E-state index in [1.54, 1.807) is 0 Å². The fraction of sp³-hybridized carbons (Fsp3) is 0.350. The minimum absolute atomic E-state index is 0.601. The third kappa shape index (κ3) is 6.53.